The highest BCUT2D eigenvalue weighted by Crippen LogP contribution is 2.20. The molecule has 2 nitrogen and oxygen atoms in total. The summed E-state index contributed by atoms with van der Waals surface area (Å²) in [4.78, 5) is 15.5. The lowest BCUT2D eigenvalue weighted by atomic mass is 10.0. The molecule has 3 aromatic rings. The molecule has 94 valence electrons. The molecule has 0 aliphatic carbocycles. The Bertz CT molecular complexity index is 745. The number of aromatic amines is 1. The molecule has 19 heavy (non-hydrogen) atoms. The fraction of sp³-hybridized carbons (Fsp3) is 0.0625. The zero-order chi connectivity index (χ0) is 13.2. The standard InChI is InChI=1S/C16H12ClNO/c17-12-5-3-4-11(8-12)9-16(19)14-10-18-15-7-2-1-6-13(14)15/h1-8,10,18H,9H2. The van der Waals surface area contributed by atoms with E-state index in [-0.39, 0.29) is 5.78 Å². The highest BCUT2D eigenvalue weighted by molar-refractivity contribution is 6.30. The Balaban J connectivity index is 1.92. The Morgan fingerprint density at radius 2 is 1.95 bits per heavy atom. The lowest BCUT2D eigenvalue weighted by Crippen LogP contribution is -2.02. The molecule has 0 bridgehead atoms. The molecule has 0 unspecified atom stereocenters. The van der Waals surface area contributed by atoms with Gasteiger partial charge in [0.2, 0.25) is 0 Å². The minimum absolute atomic E-state index is 0.0970. The van der Waals surface area contributed by atoms with Crippen molar-refractivity contribution in [2.75, 3.05) is 0 Å². The molecular weight excluding hydrogens is 258 g/mol. The smallest absolute Gasteiger partial charge is 0.169 e. The fourth-order valence-electron chi connectivity index (χ4n) is 2.23. The van der Waals surface area contributed by atoms with Crippen molar-refractivity contribution in [1.29, 1.82) is 0 Å². The minimum Gasteiger partial charge on any atom is -0.360 e. The van der Waals surface area contributed by atoms with Gasteiger partial charge in [-0.1, -0.05) is 41.9 Å². The summed E-state index contributed by atoms with van der Waals surface area (Å²) in [5.74, 6) is 0.0970. The number of aromatic nitrogens is 1. The van der Waals surface area contributed by atoms with Crippen molar-refractivity contribution in [1.82, 2.24) is 4.98 Å². The molecule has 0 spiro atoms. The van der Waals surface area contributed by atoms with Gasteiger partial charge in [-0.25, -0.2) is 0 Å². The largest absolute Gasteiger partial charge is 0.360 e. The SMILES string of the molecule is O=C(Cc1cccc(Cl)c1)c1c[nH]c2ccccc12. The number of nitrogens with one attached hydrogen (secondary N) is 1. The van der Waals surface area contributed by atoms with Crippen molar-refractivity contribution in [3.05, 3.63) is 70.9 Å². The third-order valence-electron chi connectivity index (χ3n) is 3.14. The van der Waals surface area contributed by atoms with Gasteiger partial charge in [-0.05, 0) is 23.8 Å². The molecule has 1 heterocycles. The molecule has 2 aromatic carbocycles. The molecule has 0 saturated carbocycles. The van der Waals surface area contributed by atoms with Crippen molar-refractivity contribution in [3.8, 4) is 0 Å². The maximum Gasteiger partial charge on any atom is 0.169 e. The molecule has 0 saturated heterocycles. The van der Waals surface area contributed by atoms with Crippen LogP contribution in [0.1, 0.15) is 15.9 Å². The van der Waals surface area contributed by atoms with Crippen LogP contribution in [0, 0.1) is 0 Å². The monoisotopic (exact) mass is 269 g/mol. The number of hydrogen-bond donors (Lipinski definition) is 1. The van der Waals surface area contributed by atoms with Crippen molar-refractivity contribution in [3.63, 3.8) is 0 Å². The first-order chi connectivity index (χ1) is 9.24. The maximum absolute atomic E-state index is 12.3. The number of ketones is 1. The summed E-state index contributed by atoms with van der Waals surface area (Å²) in [5, 5.41) is 1.62. The number of rotatable bonds is 3. The van der Waals surface area contributed by atoms with Gasteiger partial charge in [-0.15, -0.1) is 0 Å². The topological polar surface area (TPSA) is 32.9 Å². The number of carbonyl (C=O) groups excluding carboxylic acids is 1. The normalized spacial score (nSPS) is 10.8. The summed E-state index contributed by atoms with van der Waals surface area (Å²) in [6, 6.07) is 15.2. The van der Waals surface area contributed by atoms with Crippen LogP contribution in [0.5, 0.6) is 0 Å². The van der Waals surface area contributed by atoms with E-state index in [0.29, 0.717) is 11.4 Å². The van der Waals surface area contributed by atoms with Crippen molar-refractivity contribution >= 4 is 28.3 Å². The van der Waals surface area contributed by atoms with Gasteiger partial charge in [0, 0.05) is 34.1 Å². The molecule has 0 fully saturated rings. The first-order valence-corrected chi connectivity index (χ1v) is 6.45. The molecule has 0 amide bonds. The summed E-state index contributed by atoms with van der Waals surface area (Å²) in [7, 11) is 0. The van der Waals surface area contributed by atoms with Crippen molar-refractivity contribution < 1.29 is 4.79 Å². The molecule has 0 aliphatic rings. The number of hydrogen-bond acceptors (Lipinski definition) is 1. The van der Waals surface area contributed by atoms with E-state index in [1.807, 2.05) is 42.5 Å². The Labute approximate surface area is 116 Å². The van der Waals surface area contributed by atoms with Gasteiger partial charge >= 0.3 is 0 Å². The van der Waals surface area contributed by atoms with E-state index >= 15 is 0 Å². The summed E-state index contributed by atoms with van der Waals surface area (Å²) in [6.07, 6.45) is 2.14. The lowest BCUT2D eigenvalue weighted by Gasteiger charge is -2.01. The zero-order valence-corrected chi connectivity index (χ0v) is 10.9. The van der Waals surface area contributed by atoms with Crippen molar-refractivity contribution in [2.45, 2.75) is 6.42 Å². The van der Waals surface area contributed by atoms with E-state index in [0.717, 1.165) is 22.0 Å². The van der Waals surface area contributed by atoms with Crippen LogP contribution < -0.4 is 0 Å². The number of para-hydroxylation sites is 1. The molecular formula is C16H12ClNO. The summed E-state index contributed by atoms with van der Waals surface area (Å²) >= 11 is 5.93. The van der Waals surface area contributed by atoms with Gasteiger partial charge in [-0.3, -0.25) is 4.79 Å². The number of halogens is 1. The van der Waals surface area contributed by atoms with Gasteiger partial charge in [0.25, 0.3) is 0 Å². The summed E-state index contributed by atoms with van der Waals surface area (Å²) in [6.45, 7) is 0. The summed E-state index contributed by atoms with van der Waals surface area (Å²) in [5.41, 5.74) is 2.65. The van der Waals surface area contributed by atoms with Gasteiger partial charge in [0.15, 0.2) is 5.78 Å². The van der Waals surface area contributed by atoms with Gasteiger partial charge in [0.05, 0.1) is 0 Å². The van der Waals surface area contributed by atoms with E-state index in [4.69, 9.17) is 11.6 Å². The third kappa shape index (κ3) is 2.40. The van der Waals surface area contributed by atoms with Crippen LogP contribution in [-0.4, -0.2) is 10.8 Å². The van der Waals surface area contributed by atoms with E-state index in [9.17, 15) is 4.79 Å². The second-order valence-electron chi connectivity index (χ2n) is 4.48. The van der Waals surface area contributed by atoms with Crippen LogP contribution in [0.2, 0.25) is 5.02 Å². The van der Waals surface area contributed by atoms with Crippen LogP contribution in [0.4, 0.5) is 0 Å². The Morgan fingerprint density at radius 3 is 2.79 bits per heavy atom. The van der Waals surface area contributed by atoms with Gasteiger partial charge < -0.3 is 4.98 Å². The molecule has 0 atom stereocenters. The molecule has 1 N–H and O–H groups in total. The van der Waals surface area contributed by atoms with E-state index < -0.39 is 0 Å². The van der Waals surface area contributed by atoms with Crippen LogP contribution in [-0.2, 0) is 6.42 Å². The molecule has 3 rings (SSSR count). The van der Waals surface area contributed by atoms with Gasteiger partial charge in [0.1, 0.15) is 0 Å². The molecule has 0 aliphatic heterocycles. The quantitative estimate of drug-likeness (QED) is 0.709. The molecule has 1 aromatic heterocycles. The average molecular weight is 270 g/mol. The van der Waals surface area contributed by atoms with Crippen molar-refractivity contribution in [2.24, 2.45) is 0 Å². The number of benzene rings is 2. The predicted octanol–water partition coefficient (Wildman–Crippen LogP) is 4.25. The molecule has 3 heteroatoms. The minimum atomic E-state index is 0.0970. The fourth-order valence-corrected chi connectivity index (χ4v) is 2.44. The average Bonchev–Trinajstić information content (AvgIpc) is 2.82. The van der Waals surface area contributed by atoms with E-state index in [1.54, 1.807) is 12.3 Å². The lowest BCUT2D eigenvalue weighted by molar-refractivity contribution is 0.0994. The number of carbonyl (C=O) groups is 1. The highest BCUT2D eigenvalue weighted by Gasteiger charge is 2.12. The first kappa shape index (κ1) is 12.0. The number of fused-ring (bicyclic) bond motifs is 1. The Kier molecular flexibility index (Phi) is 3.10. The Hall–Kier alpha value is -2.06. The highest BCUT2D eigenvalue weighted by atomic mass is 35.5. The van der Waals surface area contributed by atoms with E-state index in [2.05, 4.69) is 4.98 Å². The zero-order valence-electron chi connectivity index (χ0n) is 10.2. The van der Waals surface area contributed by atoms with Crippen LogP contribution >= 0.6 is 11.6 Å². The predicted molar refractivity (Wildman–Crippen MR) is 77.8 cm³/mol. The van der Waals surface area contributed by atoms with Crippen LogP contribution in [0.25, 0.3) is 10.9 Å². The van der Waals surface area contributed by atoms with Crippen LogP contribution in [0.3, 0.4) is 0 Å². The second-order valence-corrected chi connectivity index (χ2v) is 4.91. The molecule has 0 radical (unpaired) electrons. The Morgan fingerprint density at radius 1 is 1.11 bits per heavy atom. The van der Waals surface area contributed by atoms with Gasteiger partial charge in [-0.2, -0.15) is 0 Å². The van der Waals surface area contributed by atoms with Crippen LogP contribution in [0.15, 0.2) is 54.7 Å². The second kappa shape index (κ2) is 4.90. The maximum atomic E-state index is 12.3. The number of H-pyrrole nitrogens is 1. The first-order valence-electron chi connectivity index (χ1n) is 6.08. The summed E-state index contributed by atoms with van der Waals surface area (Å²) < 4.78 is 0. The third-order valence-corrected chi connectivity index (χ3v) is 3.38. The number of Topliss-reactive ketones (excluding diaryl/α,β-unsaturated/α-hetero) is 1. The van der Waals surface area contributed by atoms with E-state index in [1.165, 1.54) is 0 Å².